The number of carbonyl (C=O) groups is 1. The summed E-state index contributed by atoms with van der Waals surface area (Å²) < 4.78 is 36.8. The lowest BCUT2D eigenvalue weighted by Gasteiger charge is -2.18. The minimum absolute atomic E-state index is 0.230. The summed E-state index contributed by atoms with van der Waals surface area (Å²) in [7, 11) is -4.82. The van der Waals surface area contributed by atoms with Gasteiger partial charge in [-0.3, -0.25) is 13.7 Å². The van der Waals surface area contributed by atoms with Crippen molar-refractivity contribution in [1.29, 1.82) is 0 Å². The van der Waals surface area contributed by atoms with Gasteiger partial charge >= 0.3 is 0 Å². The topological polar surface area (TPSA) is 105 Å². The highest BCUT2D eigenvalue weighted by Crippen LogP contribution is 2.23. The van der Waals surface area contributed by atoms with Crippen molar-refractivity contribution in [2.75, 3.05) is 16.3 Å². The maximum Gasteiger partial charge on any atom is 0.258 e. The van der Waals surface area contributed by atoms with Crippen LogP contribution in [0.1, 0.15) is 31.1 Å². The summed E-state index contributed by atoms with van der Waals surface area (Å²) in [6.07, 6.45) is 2.56. The SMILES string of the molecule is CC(C)(C)S(=O)c1ncccc1C(=O)Nc1ccc(NS(C)(=O)=O)cc1. The maximum atomic E-state index is 12.6. The lowest BCUT2D eigenvalue weighted by molar-refractivity contribution is 0.102. The fourth-order valence-corrected chi connectivity index (χ4v) is 3.70. The molecule has 0 spiro atoms. The zero-order chi connectivity index (χ0) is 19.5. The Hall–Kier alpha value is -2.26. The molecule has 1 amide bonds. The third-order valence-corrected chi connectivity index (χ3v) is 5.59. The van der Waals surface area contributed by atoms with E-state index < -0.39 is 31.5 Å². The van der Waals surface area contributed by atoms with Gasteiger partial charge in [-0.05, 0) is 57.2 Å². The molecule has 2 N–H and O–H groups in total. The van der Waals surface area contributed by atoms with E-state index in [1.807, 2.05) is 20.8 Å². The molecule has 1 aromatic carbocycles. The van der Waals surface area contributed by atoms with Crippen LogP contribution in [0.4, 0.5) is 11.4 Å². The van der Waals surface area contributed by atoms with Gasteiger partial charge in [-0.25, -0.2) is 13.4 Å². The van der Waals surface area contributed by atoms with E-state index in [9.17, 15) is 17.4 Å². The Kier molecular flexibility index (Phi) is 5.82. The van der Waals surface area contributed by atoms with E-state index in [0.717, 1.165) is 6.26 Å². The number of aromatic nitrogens is 1. The van der Waals surface area contributed by atoms with Crippen LogP contribution in [0.25, 0.3) is 0 Å². The van der Waals surface area contributed by atoms with Gasteiger partial charge in [0.25, 0.3) is 5.91 Å². The first-order chi connectivity index (χ1) is 12.0. The fourth-order valence-electron chi connectivity index (χ4n) is 2.04. The average Bonchev–Trinajstić information content (AvgIpc) is 2.53. The van der Waals surface area contributed by atoms with E-state index in [2.05, 4.69) is 15.0 Å². The Morgan fingerprint density at radius 3 is 2.19 bits per heavy atom. The van der Waals surface area contributed by atoms with E-state index >= 15 is 0 Å². The molecule has 1 aromatic heterocycles. The number of pyridine rings is 1. The minimum atomic E-state index is -3.36. The molecule has 0 fully saturated rings. The largest absolute Gasteiger partial charge is 0.322 e. The summed E-state index contributed by atoms with van der Waals surface area (Å²) in [4.78, 5) is 16.7. The molecule has 0 aliphatic carbocycles. The highest BCUT2D eigenvalue weighted by Gasteiger charge is 2.26. The van der Waals surface area contributed by atoms with Crippen LogP contribution >= 0.6 is 0 Å². The molecule has 1 unspecified atom stereocenters. The lowest BCUT2D eigenvalue weighted by Crippen LogP contribution is -2.25. The molecule has 1 heterocycles. The second-order valence-corrected chi connectivity index (χ2v) is 10.5. The zero-order valence-electron chi connectivity index (χ0n) is 14.9. The quantitative estimate of drug-likeness (QED) is 0.810. The molecular weight excluding hydrogens is 374 g/mol. The Morgan fingerprint density at radius 1 is 1.08 bits per heavy atom. The number of carbonyl (C=O) groups excluding carboxylic acids is 1. The summed E-state index contributed by atoms with van der Waals surface area (Å²) in [5.41, 5.74) is 1.10. The number of hydrogen-bond donors (Lipinski definition) is 2. The van der Waals surface area contributed by atoms with E-state index in [0.29, 0.717) is 11.4 Å². The van der Waals surface area contributed by atoms with Gasteiger partial charge in [0.1, 0.15) is 5.03 Å². The molecule has 9 heteroatoms. The summed E-state index contributed by atoms with van der Waals surface area (Å²) >= 11 is 0. The molecule has 26 heavy (non-hydrogen) atoms. The molecule has 0 saturated carbocycles. The van der Waals surface area contributed by atoms with Crippen LogP contribution in [0.15, 0.2) is 47.6 Å². The van der Waals surface area contributed by atoms with Crippen LogP contribution < -0.4 is 10.0 Å². The van der Waals surface area contributed by atoms with Gasteiger partial charge in [-0.15, -0.1) is 0 Å². The van der Waals surface area contributed by atoms with Gasteiger partial charge in [-0.1, -0.05) is 0 Å². The van der Waals surface area contributed by atoms with Crippen molar-refractivity contribution in [1.82, 2.24) is 4.98 Å². The van der Waals surface area contributed by atoms with E-state index in [1.165, 1.54) is 18.3 Å². The highest BCUT2D eigenvalue weighted by molar-refractivity contribution is 7.92. The first-order valence-electron chi connectivity index (χ1n) is 7.73. The summed E-state index contributed by atoms with van der Waals surface area (Å²) in [5.74, 6) is -0.436. The first kappa shape index (κ1) is 20.1. The molecule has 2 aromatic rings. The summed E-state index contributed by atoms with van der Waals surface area (Å²) in [6, 6.07) is 9.39. The number of rotatable bonds is 5. The standard InChI is InChI=1S/C17H21N3O4S2/c1-17(2,3)25(22)16-14(6-5-11-18-16)15(21)19-12-7-9-13(10-8-12)20-26(4,23)24/h5-11,20H,1-4H3,(H,19,21). The minimum Gasteiger partial charge on any atom is -0.322 e. The van der Waals surface area contributed by atoms with Crippen LogP contribution in [-0.2, 0) is 20.8 Å². The molecule has 140 valence electrons. The van der Waals surface area contributed by atoms with Gasteiger partial charge in [-0.2, -0.15) is 0 Å². The normalized spacial score (nSPS) is 13.1. The molecule has 0 radical (unpaired) electrons. The molecule has 1 atom stereocenters. The summed E-state index contributed by atoms with van der Waals surface area (Å²) in [6.45, 7) is 5.44. The van der Waals surface area contributed by atoms with Crippen LogP contribution in [0.5, 0.6) is 0 Å². The molecule has 2 rings (SSSR count). The molecule has 7 nitrogen and oxygen atoms in total. The van der Waals surface area contributed by atoms with Crippen molar-refractivity contribution in [2.45, 2.75) is 30.5 Å². The van der Waals surface area contributed by atoms with Crippen LogP contribution in [-0.4, -0.2) is 34.5 Å². The number of nitrogens with one attached hydrogen (secondary N) is 2. The smallest absolute Gasteiger partial charge is 0.258 e. The Morgan fingerprint density at radius 2 is 1.65 bits per heavy atom. The predicted molar refractivity (Wildman–Crippen MR) is 103 cm³/mol. The van der Waals surface area contributed by atoms with Crippen LogP contribution in [0.2, 0.25) is 0 Å². The number of amides is 1. The molecule has 0 aliphatic rings. The van der Waals surface area contributed by atoms with Crippen LogP contribution in [0.3, 0.4) is 0 Å². The molecule has 0 saturated heterocycles. The van der Waals surface area contributed by atoms with Gasteiger partial charge in [0.05, 0.1) is 22.6 Å². The van der Waals surface area contributed by atoms with Gasteiger partial charge in [0, 0.05) is 22.3 Å². The Balaban J connectivity index is 2.22. The second-order valence-electron chi connectivity index (χ2n) is 6.64. The van der Waals surface area contributed by atoms with Crippen LogP contribution in [0, 0.1) is 0 Å². The predicted octanol–water partition coefficient (Wildman–Crippen LogP) is 2.61. The molecular formula is C17H21N3O4S2. The van der Waals surface area contributed by atoms with E-state index in [-0.39, 0.29) is 10.6 Å². The Bertz CT molecular complexity index is 933. The second kappa shape index (κ2) is 7.55. The lowest BCUT2D eigenvalue weighted by atomic mass is 10.2. The van der Waals surface area contributed by atoms with Gasteiger partial charge < -0.3 is 5.32 Å². The number of hydrogen-bond acceptors (Lipinski definition) is 5. The van der Waals surface area contributed by atoms with E-state index in [1.54, 1.807) is 24.3 Å². The maximum absolute atomic E-state index is 12.6. The summed E-state index contributed by atoms with van der Waals surface area (Å²) in [5, 5.41) is 2.93. The number of nitrogens with zero attached hydrogens (tertiary/aromatic N) is 1. The number of sulfonamides is 1. The third kappa shape index (κ3) is 5.37. The number of benzene rings is 1. The van der Waals surface area contributed by atoms with Crippen molar-refractivity contribution < 1.29 is 17.4 Å². The highest BCUT2D eigenvalue weighted by atomic mass is 32.2. The van der Waals surface area contributed by atoms with Crippen molar-refractivity contribution in [3.8, 4) is 0 Å². The Labute approximate surface area is 155 Å². The van der Waals surface area contributed by atoms with Gasteiger partial charge in [0.2, 0.25) is 10.0 Å². The zero-order valence-corrected chi connectivity index (χ0v) is 16.6. The molecule has 0 aliphatic heterocycles. The average molecular weight is 396 g/mol. The monoisotopic (exact) mass is 395 g/mol. The van der Waals surface area contributed by atoms with Crippen molar-refractivity contribution >= 4 is 38.1 Å². The van der Waals surface area contributed by atoms with Gasteiger partial charge in [0.15, 0.2) is 0 Å². The first-order valence-corrected chi connectivity index (χ1v) is 10.8. The van der Waals surface area contributed by atoms with Crippen molar-refractivity contribution in [3.63, 3.8) is 0 Å². The fraction of sp³-hybridized carbons (Fsp3) is 0.294. The van der Waals surface area contributed by atoms with Crippen molar-refractivity contribution in [3.05, 3.63) is 48.2 Å². The number of anilines is 2. The van der Waals surface area contributed by atoms with Crippen molar-refractivity contribution in [2.24, 2.45) is 0 Å². The van der Waals surface area contributed by atoms with E-state index in [4.69, 9.17) is 0 Å². The third-order valence-electron chi connectivity index (χ3n) is 3.19. The molecule has 0 bridgehead atoms.